The van der Waals surface area contributed by atoms with Crippen LogP contribution in [0.5, 0.6) is 0 Å². The van der Waals surface area contributed by atoms with E-state index in [1.165, 1.54) is 0 Å². The van der Waals surface area contributed by atoms with Gasteiger partial charge < -0.3 is 20.0 Å². The van der Waals surface area contributed by atoms with Crippen molar-refractivity contribution in [3.8, 4) is 11.4 Å². The molecule has 0 fully saturated rings. The van der Waals surface area contributed by atoms with Crippen molar-refractivity contribution in [3.05, 3.63) is 71.3 Å². The van der Waals surface area contributed by atoms with Gasteiger partial charge in [0.15, 0.2) is 0 Å². The number of aromatic nitrogens is 3. The molecule has 202 valence electrons. The number of hydrogen-bond donors (Lipinski definition) is 3. The van der Waals surface area contributed by atoms with Gasteiger partial charge in [-0.1, -0.05) is 53.2 Å². The second kappa shape index (κ2) is 9.78. The molecule has 0 bridgehead atoms. The molecule has 0 saturated heterocycles. The van der Waals surface area contributed by atoms with Gasteiger partial charge in [0.05, 0.1) is 17.5 Å². The summed E-state index contributed by atoms with van der Waals surface area (Å²) in [5, 5.41) is 8.14. The Morgan fingerprint density at radius 3 is 2.52 bits per heavy atom. The zero-order chi connectivity index (χ0) is 28.2. The minimum absolute atomic E-state index is 0.0154. The van der Waals surface area contributed by atoms with Gasteiger partial charge in [0.2, 0.25) is 5.91 Å². The summed E-state index contributed by atoms with van der Waals surface area (Å²) in [6, 6.07) is 20.2. The number of halogens is 1. The van der Waals surface area contributed by atoms with E-state index in [1.54, 1.807) is 6.92 Å². The number of H-pyrrole nitrogens is 2. The van der Waals surface area contributed by atoms with Crippen LogP contribution in [0.3, 0.4) is 0 Å². The monoisotopic (exact) mass is 596 g/mol. The van der Waals surface area contributed by atoms with Gasteiger partial charge in [0.25, 0.3) is 0 Å². The Balaban J connectivity index is 1.39. The number of imidazole rings is 1. The molecule has 6 rings (SSSR count). The Kier molecular flexibility index (Phi) is 6.38. The normalized spacial score (nSPS) is 12.8. The minimum atomic E-state index is -0.588. The van der Waals surface area contributed by atoms with Crippen LogP contribution in [0.15, 0.2) is 71.3 Å². The number of ether oxygens (including phenoxy) is 1. The Morgan fingerprint density at radius 1 is 0.975 bits per heavy atom. The molecule has 4 aromatic carbocycles. The van der Waals surface area contributed by atoms with Gasteiger partial charge in [0.1, 0.15) is 11.4 Å². The quantitative estimate of drug-likeness (QED) is 0.138. The number of amides is 1. The summed E-state index contributed by atoms with van der Waals surface area (Å²) in [5.74, 6) is -0.369. The van der Waals surface area contributed by atoms with Gasteiger partial charge in [-0.05, 0) is 61.9 Å². The van der Waals surface area contributed by atoms with Crippen molar-refractivity contribution in [2.24, 2.45) is 5.92 Å². The summed E-state index contributed by atoms with van der Waals surface area (Å²) < 4.78 is 6.38. The molecule has 2 heterocycles. The molecule has 0 spiro atoms. The number of benzene rings is 4. The topological polar surface area (TPSA) is 99.9 Å². The average molecular weight is 598 g/mol. The summed E-state index contributed by atoms with van der Waals surface area (Å²) in [6.07, 6.45) is 1.99. The van der Waals surface area contributed by atoms with Crippen LogP contribution in [-0.4, -0.2) is 32.4 Å². The molecular formula is C32H29BrN4O3. The largest absolute Gasteiger partial charge is 0.460 e. The van der Waals surface area contributed by atoms with E-state index >= 15 is 0 Å². The molecule has 8 heteroatoms. The van der Waals surface area contributed by atoms with Crippen molar-refractivity contribution in [1.29, 1.82) is 0 Å². The fourth-order valence-electron chi connectivity index (χ4n) is 5.16. The van der Waals surface area contributed by atoms with Gasteiger partial charge in [-0.25, -0.2) is 4.98 Å². The van der Waals surface area contributed by atoms with E-state index in [4.69, 9.17) is 9.72 Å². The van der Waals surface area contributed by atoms with Crippen molar-refractivity contribution in [1.82, 2.24) is 15.0 Å². The molecule has 0 radical (unpaired) electrons. The average Bonchev–Trinajstić information content (AvgIpc) is 3.52. The zero-order valence-corrected chi connectivity index (χ0v) is 24.3. The predicted molar refractivity (Wildman–Crippen MR) is 164 cm³/mol. The van der Waals surface area contributed by atoms with Gasteiger partial charge in [-0.15, -0.1) is 0 Å². The van der Waals surface area contributed by atoms with Gasteiger partial charge >= 0.3 is 5.97 Å². The zero-order valence-electron chi connectivity index (χ0n) is 22.7. The molecule has 0 unspecified atom stereocenters. The third kappa shape index (κ3) is 4.84. The Labute approximate surface area is 239 Å². The summed E-state index contributed by atoms with van der Waals surface area (Å²) >= 11 is 3.58. The first-order valence-corrected chi connectivity index (χ1v) is 14.0. The maximum atomic E-state index is 12.9. The summed E-state index contributed by atoms with van der Waals surface area (Å²) in [4.78, 5) is 37.2. The number of aromatic amines is 2. The van der Waals surface area contributed by atoms with Crippen molar-refractivity contribution < 1.29 is 14.3 Å². The molecule has 1 amide bonds. The van der Waals surface area contributed by atoms with E-state index in [2.05, 4.69) is 49.4 Å². The maximum Gasteiger partial charge on any atom is 0.307 e. The van der Waals surface area contributed by atoms with E-state index in [1.807, 2.05) is 69.4 Å². The lowest BCUT2D eigenvalue weighted by Gasteiger charge is -2.20. The van der Waals surface area contributed by atoms with E-state index < -0.39 is 11.5 Å². The SMILES string of the molecule is C[C@H](CC(=O)OC(C)(C)C)C(=O)Nc1ccc2c(c1)c1ccccc1c1nc(-c3c[nH]c4ccc(Br)cc34)[nH]c21. The lowest BCUT2D eigenvalue weighted by Crippen LogP contribution is -2.28. The first kappa shape index (κ1) is 26.1. The highest BCUT2D eigenvalue weighted by Gasteiger charge is 2.23. The minimum Gasteiger partial charge on any atom is -0.460 e. The van der Waals surface area contributed by atoms with Gasteiger partial charge in [-0.2, -0.15) is 0 Å². The molecule has 0 aliphatic heterocycles. The smallest absolute Gasteiger partial charge is 0.307 e. The number of carbonyl (C=O) groups is 2. The van der Waals surface area contributed by atoms with Crippen LogP contribution in [0.4, 0.5) is 5.69 Å². The van der Waals surface area contributed by atoms with Crippen LogP contribution in [-0.2, 0) is 14.3 Å². The molecule has 3 N–H and O–H groups in total. The highest BCUT2D eigenvalue weighted by Crippen LogP contribution is 2.38. The molecular weight excluding hydrogens is 568 g/mol. The first-order chi connectivity index (χ1) is 19.1. The number of hydrogen-bond acceptors (Lipinski definition) is 4. The fraction of sp³-hybridized carbons (Fsp3) is 0.219. The number of fused-ring (bicyclic) bond motifs is 7. The van der Waals surface area contributed by atoms with Crippen LogP contribution in [0.1, 0.15) is 34.1 Å². The Bertz CT molecular complexity index is 1950. The van der Waals surface area contributed by atoms with Gasteiger partial charge in [0, 0.05) is 49.5 Å². The van der Waals surface area contributed by atoms with Crippen molar-refractivity contribution in [3.63, 3.8) is 0 Å². The standard InChI is InChI=1S/C32H29BrN4O3/c1-17(13-27(38)40-32(2,3)4)31(39)35-19-10-11-22-23(15-19)20-7-5-6-8-21(20)28-29(22)37-30(36-28)25-16-34-26-12-9-18(33)14-24(25)26/h5-12,14-17,34H,13H2,1-4H3,(H,35,39)(H,36,37)/t17-/m1/s1. The molecule has 0 aliphatic rings. The number of nitrogens with one attached hydrogen (secondary N) is 3. The predicted octanol–water partition coefficient (Wildman–Crippen LogP) is 8.09. The molecule has 6 aromatic rings. The molecule has 2 aromatic heterocycles. The third-order valence-corrected chi connectivity index (χ3v) is 7.47. The summed E-state index contributed by atoms with van der Waals surface area (Å²) in [6.45, 7) is 7.17. The molecule has 7 nitrogen and oxygen atoms in total. The van der Waals surface area contributed by atoms with Crippen LogP contribution >= 0.6 is 15.9 Å². The van der Waals surface area contributed by atoms with Crippen LogP contribution < -0.4 is 5.32 Å². The van der Waals surface area contributed by atoms with E-state index in [0.717, 1.165) is 59.3 Å². The van der Waals surface area contributed by atoms with Crippen molar-refractivity contribution in [2.45, 2.75) is 39.7 Å². The van der Waals surface area contributed by atoms with Crippen LogP contribution in [0, 0.1) is 5.92 Å². The second-order valence-electron chi connectivity index (χ2n) is 11.2. The lowest BCUT2D eigenvalue weighted by atomic mass is 9.99. The maximum absolute atomic E-state index is 12.9. The van der Waals surface area contributed by atoms with Crippen LogP contribution in [0.25, 0.3) is 54.9 Å². The first-order valence-electron chi connectivity index (χ1n) is 13.2. The van der Waals surface area contributed by atoms with E-state index in [-0.39, 0.29) is 18.3 Å². The molecule has 40 heavy (non-hydrogen) atoms. The second-order valence-corrected chi connectivity index (χ2v) is 12.1. The number of carbonyl (C=O) groups excluding carboxylic acids is 2. The lowest BCUT2D eigenvalue weighted by molar-refractivity contribution is -0.156. The van der Waals surface area contributed by atoms with Crippen LogP contribution in [0.2, 0.25) is 0 Å². The molecule has 1 atom stereocenters. The molecule has 0 aliphatic carbocycles. The van der Waals surface area contributed by atoms with Gasteiger partial charge in [-0.3, -0.25) is 9.59 Å². The number of rotatable bonds is 5. The van der Waals surface area contributed by atoms with Crippen molar-refractivity contribution >= 4 is 77.0 Å². The number of esters is 1. The number of nitrogens with zero attached hydrogens (tertiary/aromatic N) is 1. The highest BCUT2D eigenvalue weighted by atomic mass is 79.9. The summed E-state index contributed by atoms with van der Waals surface area (Å²) in [5.41, 5.74) is 3.94. The Morgan fingerprint density at radius 2 is 1.75 bits per heavy atom. The summed E-state index contributed by atoms with van der Waals surface area (Å²) in [7, 11) is 0. The third-order valence-electron chi connectivity index (χ3n) is 6.97. The van der Waals surface area contributed by atoms with E-state index in [9.17, 15) is 9.59 Å². The van der Waals surface area contributed by atoms with E-state index in [0.29, 0.717) is 5.69 Å². The number of anilines is 1. The Hall–Kier alpha value is -4.17. The fourth-order valence-corrected chi connectivity index (χ4v) is 5.52. The molecule has 0 saturated carbocycles. The van der Waals surface area contributed by atoms with Crippen molar-refractivity contribution in [2.75, 3.05) is 5.32 Å². The highest BCUT2D eigenvalue weighted by molar-refractivity contribution is 9.10.